The fraction of sp³-hybridized carbons (Fsp3) is 0.529. The number of carbonyl (C=O) groups is 1. The van der Waals surface area contributed by atoms with Crippen LogP contribution in [-0.2, 0) is 24.2 Å². The van der Waals surface area contributed by atoms with E-state index in [9.17, 15) is 4.79 Å². The average molecular weight is 326 g/mol. The van der Waals surface area contributed by atoms with Crippen LogP contribution in [0.3, 0.4) is 0 Å². The van der Waals surface area contributed by atoms with Crippen LogP contribution >= 0.6 is 0 Å². The average Bonchev–Trinajstić information content (AvgIpc) is 3.14. The minimum atomic E-state index is 0.0710. The minimum absolute atomic E-state index is 0.0710. The molecule has 1 aliphatic heterocycles. The molecule has 1 atom stereocenters. The highest BCUT2D eigenvalue weighted by Gasteiger charge is 2.28. The van der Waals surface area contributed by atoms with Crippen molar-refractivity contribution in [1.82, 2.24) is 30.0 Å². The Balaban J connectivity index is 1.31. The largest absolute Gasteiger partial charge is 0.338 e. The number of hydrogen-bond donors (Lipinski definition) is 0. The van der Waals surface area contributed by atoms with Gasteiger partial charge in [-0.3, -0.25) is 9.69 Å². The summed E-state index contributed by atoms with van der Waals surface area (Å²) in [6, 6.07) is 9.38. The van der Waals surface area contributed by atoms with Crippen molar-refractivity contribution in [2.75, 3.05) is 26.2 Å². The van der Waals surface area contributed by atoms with Crippen LogP contribution in [0.5, 0.6) is 0 Å². The van der Waals surface area contributed by atoms with Gasteiger partial charge in [-0.15, -0.1) is 10.2 Å². The van der Waals surface area contributed by atoms with Crippen LogP contribution < -0.4 is 0 Å². The Morgan fingerprint density at radius 1 is 1.12 bits per heavy atom. The number of tetrazole rings is 1. The van der Waals surface area contributed by atoms with Gasteiger partial charge >= 0.3 is 0 Å². The topological polar surface area (TPSA) is 67.2 Å². The number of hydrogen-bond acceptors (Lipinski definition) is 5. The Hall–Kier alpha value is -2.28. The number of piperazine rings is 1. The predicted octanol–water partition coefficient (Wildman–Crippen LogP) is 0.375. The van der Waals surface area contributed by atoms with Crippen LogP contribution in [0, 0.1) is 0 Å². The Bertz CT molecular complexity index is 693. The van der Waals surface area contributed by atoms with Gasteiger partial charge in [0, 0.05) is 32.2 Å². The van der Waals surface area contributed by atoms with Gasteiger partial charge < -0.3 is 4.90 Å². The third kappa shape index (κ3) is 3.17. The van der Waals surface area contributed by atoms with E-state index in [1.54, 1.807) is 0 Å². The van der Waals surface area contributed by atoms with Gasteiger partial charge in [0.2, 0.25) is 5.91 Å². The molecule has 1 aromatic heterocycles. The standard InChI is InChI=1S/C17H22N6O/c24-17(12-23-19-13-18-20-23)22-9-7-21(8-10-22)16-6-5-14-3-1-2-4-15(14)11-16/h1-4,13,16H,5-12H2/t16-/m0/s1. The molecule has 1 aliphatic carbocycles. The second kappa shape index (κ2) is 6.68. The van der Waals surface area contributed by atoms with Gasteiger partial charge in [-0.2, -0.15) is 4.80 Å². The first-order valence-corrected chi connectivity index (χ1v) is 8.59. The predicted molar refractivity (Wildman–Crippen MR) is 88.2 cm³/mol. The molecule has 0 N–H and O–H groups in total. The van der Waals surface area contributed by atoms with Crippen molar-refractivity contribution in [3.8, 4) is 0 Å². The Kier molecular flexibility index (Phi) is 4.25. The van der Waals surface area contributed by atoms with Crippen molar-refractivity contribution >= 4 is 5.91 Å². The van der Waals surface area contributed by atoms with Crippen molar-refractivity contribution in [3.63, 3.8) is 0 Å². The highest BCUT2D eigenvalue weighted by atomic mass is 16.2. The van der Waals surface area contributed by atoms with Gasteiger partial charge in [-0.05, 0) is 35.6 Å². The Labute approximate surface area is 141 Å². The van der Waals surface area contributed by atoms with Gasteiger partial charge in [-0.1, -0.05) is 24.3 Å². The van der Waals surface area contributed by atoms with Gasteiger partial charge in [0.1, 0.15) is 6.54 Å². The second-order valence-corrected chi connectivity index (χ2v) is 6.55. The highest BCUT2D eigenvalue weighted by Crippen LogP contribution is 2.25. The molecular formula is C17H22N6O. The van der Waals surface area contributed by atoms with E-state index in [1.807, 2.05) is 4.90 Å². The summed E-state index contributed by atoms with van der Waals surface area (Å²) in [7, 11) is 0. The lowest BCUT2D eigenvalue weighted by Gasteiger charge is -2.41. The fourth-order valence-corrected chi connectivity index (χ4v) is 3.81. The first-order valence-electron chi connectivity index (χ1n) is 8.59. The molecule has 2 aliphatic rings. The van der Waals surface area contributed by atoms with E-state index in [1.165, 1.54) is 28.7 Å². The Morgan fingerprint density at radius 3 is 2.67 bits per heavy atom. The van der Waals surface area contributed by atoms with Crippen molar-refractivity contribution in [2.45, 2.75) is 31.8 Å². The molecule has 0 radical (unpaired) electrons. The van der Waals surface area contributed by atoms with Crippen LogP contribution in [-0.4, -0.2) is 68.1 Å². The van der Waals surface area contributed by atoms with E-state index in [4.69, 9.17) is 0 Å². The van der Waals surface area contributed by atoms with Crippen molar-refractivity contribution < 1.29 is 4.79 Å². The van der Waals surface area contributed by atoms with Gasteiger partial charge in [0.15, 0.2) is 6.33 Å². The molecule has 0 spiro atoms. The molecule has 2 aromatic rings. The van der Waals surface area contributed by atoms with Gasteiger partial charge in [0.05, 0.1) is 0 Å². The lowest BCUT2D eigenvalue weighted by Crippen LogP contribution is -2.53. The number of aryl methyl sites for hydroxylation is 1. The Morgan fingerprint density at radius 2 is 1.92 bits per heavy atom. The molecule has 1 amide bonds. The summed E-state index contributed by atoms with van der Waals surface area (Å²) in [5.74, 6) is 0.0710. The summed E-state index contributed by atoms with van der Waals surface area (Å²) in [4.78, 5) is 18.1. The normalized spacial score (nSPS) is 21.5. The quantitative estimate of drug-likeness (QED) is 0.815. The molecule has 24 heavy (non-hydrogen) atoms. The first-order chi connectivity index (χ1) is 11.8. The number of carbonyl (C=O) groups excluding carboxylic acids is 1. The monoisotopic (exact) mass is 326 g/mol. The lowest BCUT2D eigenvalue weighted by atomic mass is 9.87. The van der Waals surface area contributed by atoms with Crippen LogP contribution in [0.2, 0.25) is 0 Å². The van der Waals surface area contributed by atoms with Crippen molar-refractivity contribution in [3.05, 3.63) is 41.7 Å². The van der Waals surface area contributed by atoms with Crippen LogP contribution in [0.15, 0.2) is 30.6 Å². The van der Waals surface area contributed by atoms with E-state index >= 15 is 0 Å². The summed E-state index contributed by atoms with van der Waals surface area (Å²) >= 11 is 0. The molecule has 126 valence electrons. The van der Waals surface area contributed by atoms with Crippen molar-refractivity contribution in [1.29, 1.82) is 0 Å². The summed E-state index contributed by atoms with van der Waals surface area (Å²) in [5.41, 5.74) is 2.99. The summed E-state index contributed by atoms with van der Waals surface area (Å²) in [5, 5.41) is 11.3. The fourth-order valence-electron chi connectivity index (χ4n) is 3.81. The van der Waals surface area contributed by atoms with Crippen LogP contribution in [0.25, 0.3) is 0 Å². The molecule has 7 nitrogen and oxygen atoms in total. The molecule has 4 rings (SSSR count). The SMILES string of the molecule is O=C(Cn1ncnn1)N1CCN([C@H]2CCc3ccccc3C2)CC1. The van der Waals surface area contributed by atoms with Gasteiger partial charge in [0.25, 0.3) is 0 Å². The second-order valence-electron chi connectivity index (χ2n) is 6.55. The lowest BCUT2D eigenvalue weighted by molar-refractivity contribution is -0.134. The van der Waals surface area contributed by atoms with Crippen LogP contribution in [0.4, 0.5) is 0 Å². The van der Waals surface area contributed by atoms with E-state index in [0.29, 0.717) is 6.04 Å². The maximum atomic E-state index is 12.3. The number of amides is 1. The molecule has 7 heteroatoms. The van der Waals surface area contributed by atoms with Crippen molar-refractivity contribution in [2.24, 2.45) is 0 Å². The highest BCUT2D eigenvalue weighted by molar-refractivity contribution is 5.75. The van der Waals surface area contributed by atoms with Crippen LogP contribution in [0.1, 0.15) is 17.5 Å². The number of aromatic nitrogens is 4. The number of fused-ring (bicyclic) bond motifs is 1. The minimum Gasteiger partial charge on any atom is -0.338 e. The maximum Gasteiger partial charge on any atom is 0.246 e. The summed E-state index contributed by atoms with van der Waals surface area (Å²) in [6.45, 7) is 3.64. The zero-order valence-electron chi connectivity index (χ0n) is 13.7. The molecule has 1 aromatic carbocycles. The van der Waals surface area contributed by atoms with E-state index in [2.05, 4.69) is 44.6 Å². The molecule has 1 saturated heterocycles. The van der Waals surface area contributed by atoms with E-state index < -0.39 is 0 Å². The molecular weight excluding hydrogens is 304 g/mol. The van der Waals surface area contributed by atoms with Gasteiger partial charge in [-0.25, -0.2) is 0 Å². The molecule has 0 saturated carbocycles. The smallest absolute Gasteiger partial charge is 0.246 e. The number of rotatable bonds is 3. The number of nitrogens with zero attached hydrogens (tertiary/aromatic N) is 6. The number of benzene rings is 1. The zero-order chi connectivity index (χ0) is 16.4. The van der Waals surface area contributed by atoms with E-state index in [-0.39, 0.29) is 12.5 Å². The molecule has 2 heterocycles. The van der Waals surface area contributed by atoms with E-state index in [0.717, 1.165) is 39.0 Å². The third-order valence-electron chi connectivity index (χ3n) is 5.17. The molecule has 0 unspecified atom stereocenters. The maximum absolute atomic E-state index is 12.3. The molecule has 0 bridgehead atoms. The zero-order valence-corrected chi connectivity index (χ0v) is 13.7. The molecule has 1 fully saturated rings. The third-order valence-corrected chi connectivity index (χ3v) is 5.17. The summed E-state index contributed by atoms with van der Waals surface area (Å²) < 4.78 is 0. The summed E-state index contributed by atoms with van der Waals surface area (Å²) in [6.07, 6.45) is 4.87. The first kappa shape index (κ1) is 15.3.